The molecule has 6 heteroatoms. The minimum Gasteiger partial charge on any atom is -0.480 e. The van der Waals surface area contributed by atoms with Crippen LogP contribution in [0.15, 0.2) is 0 Å². The van der Waals surface area contributed by atoms with Gasteiger partial charge in [-0.1, -0.05) is 0 Å². The fraction of sp³-hybridized carbons (Fsp3) is 0.750. The topological polar surface area (TPSA) is 81.1 Å². The standard InChI is InChI=1S/C8H14N2O4/c1-9(2)8(14)10-4-5(11)3-6(10)7(12)13/h5-6,11H,3-4H2,1-2H3,(H,12,13)/t5?,6-/m0/s1. The highest BCUT2D eigenvalue weighted by molar-refractivity contribution is 5.83. The number of hydrogen-bond donors (Lipinski definition) is 2. The molecule has 0 bridgehead atoms. The SMILES string of the molecule is CN(C)C(=O)N1CC(O)C[C@H]1C(=O)O. The Morgan fingerprint density at radius 1 is 1.43 bits per heavy atom. The molecule has 1 aliphatic rings. The van der Waals surface area contributed by atoms with E-state index in [0.29, 0.717) is 0 Å². The van der Waals surface area contributed by atoms with E-state index in [4.69, 9.17) is 5.11 Å². The van der Waals surface area contributed by atoms with Crippen LogP contribution < -0.4 is 0 Å². The summed E-state index contributed by atoms with van der Waals surface area (Å²) in [6, 6.07) is -1.28. The van der Waals surface area contributed by atoms with Gasteiger partial charge in [-0.3, -0.25) is 0 Å². The maximum Gasteiger partial charge on any atom is 0.326 e. The monoisotopic (exact) mass is 202 g/mol. The predicted molar refractivity (Wildman–Crippen MR) is 47.8 cm³/mol. The number of β-amino-alcohol motifs (C(OH)–C–C–N with tert-alkyl or cyclic N) is 1. The van der Waals surface area contributed by atoms with Crippen LogP contribution in [0.3, 0.4) is 0 Å². The van der Waals surface area contributed by atoms with Gasteiger partial charge in [-0.15, -0.1) is 0 Å². The highest BCUT2D eigenvalue weighted by atomic mass is 16.4. The zero-order chi connectivity index (χ0) is 10.9. The summed E-state index contributed by atoms with van der Waals surface area (Å²) in [6.45, 7) is 0.0913. The van der Waals surface area contributed by atoms with Gasteiger partial charge < -0.3 is 20.0 Å². The van der Waals surface area contributed by atoms with Crippen molar-refractivity contribution in [3.8, 4) is 0 Å². The van der Waals surface area contributed by atoms with Gasteiger partial charge in [0.25, 0.3) is 0 Å². The summed E-state index contributed by atoms with van der Waals surface area (Å²) in [4.78, 5) is 24.7. The van der Waals surface area contributed by atoms with Crippen molar-refractivity contribution < 1.29 is 19.8 Å². The Hall–Kier alpha value is -1.30. The zero-order valence-electron chi connectivity index (χ0n) is 8.17. The van der Waals surface area contributed by atoms with Crippen LogP contribution in [0.5, 0.6) is 0 Å². The summed E-state index contributed by atoms with van der Waals surface area (Å²) in [7, 11) is 3.10. The van der Waals surface area contributed by atoms with Crippen molar-refractivity contribution in [2.45, 2.75) is 18.6 Å². The van der Waals surface area contributed by atoms with Crippen LogP contribution in [-0.2, 0) is 4.79 Å². The van der Waals surface area contributed by atoms with E-state index in [1.54, 1.807) is 14.1 Å². The molecule has 0 spiro atoms. The number of carboxylic acids is 1. The molecule has 0 aliphatic carbocycles. The Bertz CT molecular complexity index is 254. The second-order valence-electron chi connectivity index (χ2n) is 3.57. The van der Waals surface area contributed by atoms with E-state index in [9.17, 15) is 14.7 Å². The summed E-state index contributed by atoms with van der Waals surface area (Å²) in [5, 5.41) is 18.1. The number of aliphatic hydroxyl groups excluding tert-OH is 1. The fourth-order valence-electron chi connectivity index (χ4n) is 1.52. The number of aliphatic carboxylic acids is 1. The Morgan fingerprint density at radius 3 is 2.43 bits per heavy atom. The van der Waals surface area contributed by atoms with Crippen molar-refractivity contribution in [1.82, 2.24) is 9.80 Å². The van der Waals surface area contributed by atoms with Gasteiger partial charge in [-0.05, 0) is 0 Å². The first-order valence-electron chi connectivity index (χ1n) is 4.32. The van der Waals surface area contributed by atoms with E-state index in [0.717, 1.165) is 0 Å². The van der Waals surface area contributed by atoms with Gasteiger partial charge in [0.15, 0.2) is 0 Å². The summed E-state index contributed by atoms with van der Waals surface area (Å²) in [6.07, 6.45) is -0.630. The molecule has 0 radical (unpaired) electrons. The molecule has 2 N–H and O–H groups in total. The van der Waals surface area contributed by atoms with Crippen molar-refractivity contribution >= 4 is 12.0 Å². The summed E-state index contributed by atoms with van der Waals surface area (Å²) in [5.74, 6) is -1.07. The van der Waals surface area contributed by atoms with Gasteiger partial charge in [-0.2, -0.15) is 0 Å². The number of rotatable bonds is 1. The number of carbonyl (C=O) groups is 2. The van der Waals surface area contributed by atoms with Crippen LogP contribution in [0.2, 0.25) is 0 Å². The number of carbonyl (C=O) groups excluding carboxylic acids is 1. The lowest BCUT2D eigenvalue weighted by molar-refractivity contribution is -0.141. The Labute approximate surface area is 81.7 Å². The maximum absolute atomic E-state index is 11.5. The highest BCUT2D eigenvalue weighted by Gasteiger charge is 2.39. The van der Waals surface area contributed by atoms with E-state index in [2.05, 4.69) is 0 Å². The normalized spacial score (nSPS) is 26.4. The highest BCUT2D eigenvalue weighted by Crippen LogP contribution is 2.19. The fourth-order valence-corrected chi connectivity index (χ4v) is 1.52. The van der Waals surface area contributed by atoms with Crippen molar-refractivity contribution in [2.24, 2.45) is 0 Å². The van der Waals surface area contributed by atoms with Crippen LogP contribution >= 0.6 is 0 Å². The smallest absolute Gasteiger partial charge is 0.326 e. The molecular weight excluding hydrogens is 188 g/mol. The second-order valence-corrected chi connectivity index (χ2v) is 3.57. The van der Waals surface area contributed by atoms with Crippen molar-refractivity contribution in [3.63, 3.8) is 0 Å². The minimum atomic E-state index is -1.07. The van der Waals surface area contributed by atoms with Crippen LogP contribution in [0, 0.1) is 0 Å². The minimum absolute atomic E-state index is 0.0913. The van der Waals surface area contributed by atoms with Gasteiger partial charge in [-0.25, -0.2) is 9.59 Å². The van der Waals surface area contributed by atoms with E-state index >= 15 is 0 Å². The molecule has 1 heterocycles. The third-order valence-electron chi connectivity index (χ3n) is 2.19. The molecule has 1 rings (SSSR count). The number of amides is 2. The average Bonchev–Trinajstić information content (AvgIpc) is 2.45. The first-order valence-corrected chi connectivity index (χ1v) is 4.32. The van der Waals surface area contributed by atoms with E-state index in [1.165, 1.54) is 9.80 Å². The molecule has 1 saturated heterocycles. The molecule has 0 aromatic carbocycles. The maximum atomic E-state index is 11.5. The molecule has 0 aromatic rings. The third-order valence-corrected chi connectivity index (χ3v) is 2.19. The largest absolute Gasteiger partial charge is 0.480 e. The van der Waals surface area contributed by atoms with Gasteiger partial charge in [0.1, 0.15) is 6.04 Å². The lowest BCUT2D eigenvalue weighted by Gasteiger charge is -2.24. The number of likely N-dealkylation sites (tertiary alicyclic amines) is 1. The van der Waals surface area contributed by atoms with Gasteiger partial charge in [0.2, 0.25) is 0 Å². The molecule has 2 atom stereocenters. The molecule has 0 saturated carbocycles. The van der Waals surface area contributed by atoms with Crippen LogP contribution in [0.25, 0.3) is 0 Å². The lowest BCUT2D eigenvalue weighted by Crippen LogP contribution is -2.45. The predicted octanol–water partition coefficient (Wildman–Crippen LogP) is -0.812. The summed E-state index contributed by atoms with van der Waals surface area (Å²) < 4.78 is 0. The molecule has 6 nitrogen and oxygen atoms in total. The van der Waals surface area contributed by atoms with Crippen molar-refractivity contribution in [3.05, 3.63) is 0 Å². The van der Waals surface area contributed by atoms with E-state index in [-0.39, 0.29) is 19.0 Å². The second kappa shape index (κ2) is 3.83. The van der Waals surface area contributed by atoms with Crippen LogP contribution in [-0.4, -0.2) is 64.8 Å². The van der Waals surface area contributed by atoms with E-state index in [1.807, 2.05) is 0 Å². The number of urea groups is 1. The zero-order valence-corrected chi connectivity index (χ0v) is 8.17. The molecule has 1 aliphatic heterocycles. The van der Waals surface area contributed by atoms with Crippen molar-refractivity contribution in [2.75, 3.05) is 20.6 Å². The Kier molecular flexibility index (Phi) is 2.95. The first kappa shape index (κ1) is 10.8. The molecule has 1 unspecified atom stereocenters. The number of carboxylic acid groups (broad SMARTS) is 1. The van der Waals surface area contributed by atoms with E-state index < -0.39 is 18.1 Å². The lowest BCUT2D eigenvalue weighted by atomic mass is 10.2. The quantitative estimate of drug-likeness (QED) is 0.582. The summed E-state index contributed by atoms with van der Waals surface area (Å²) >= 11 is 0. The number of hydrogen-bond acceptors (Lipinski definition) is 3. The van der Waals surface area contributed by atoms with Crippen LogP contribution in [0.1, 0.15) is 6.42 Å². The van der Waals surface area contributed by atoms with Crippen LogP contribution in [0.4, 0.5) is 4.79 Å². The third kappa shape index (κ3) is 1.95. The molecule has 80 valence electrons. The molecule has 14 heavy (non-hydrogen) atoms. The Balaban J connectivity index is 2.76. The molecule has 1 fully saturated rings. The number of aliphatic hydroxyl groups is 1. The molecule has 2 amide bonds. The van der Waals surface area contributed by atoms with Gasteiger partial charge in [0.05, 0.1) is 6.10 Å². The summed E-state index contributed by atoms with van der Waals surface area (Å²) in [5.41, 5.74) is 0. The Morgan fingerprint density at radius 2 is 2.00 bits per heavy atom. The first-order chi connectivity index (χ1) is 6.43. The van der Waals surface area contributed by atoms with Crippen molar-refractivity contribution in [1.29, 1.82) is 0 Å². The molecular formula is C8H14N2O4. The van der Waals surface area contributed by atoms with Gasteiger partial charge >= 0.3 is 12.0 Å². The average molecular weight is 202 g/mol. The van der Waals surface area contributed by atoms with Gasteiger partial charge in [0, 0.05) is 27.1 Å². The molecule has 0 aromatic heterocycles. The number of nitrogens with zero attached hydrogens (tertiary/aromatic N) is 2.